The summed E-state index contributed by atoms with van der Waals surface area (Å²) in [6.07, 6.45) is 3.47. The number of benzene rings is 1. The van der Waals surface area contributed by atoms with Crippen LogP contribution in [-0.4, -0.2) is 28.7 Å². The van der Waals surface area contributed by atoms with Gasteiger partial charge in [-0.2, -0.15) is 4.99 Å². The number of carbonyl (C=O) groups is 3. The third kappa shape index (κ3) is 5.76. The van der Waals surface area contributed by atoms with Crippen LogP contribution in [0.1, 0.15) is 49.4 Å². The van der Waals surface area contributed by atoms with Crippen molar-refractivity contribution in [2.75, 3.05) is 0 Å². The molecule has 1 saturated carbocycles. The summed E-state index contributed by atoms with van der Waals surface area (Å²) in [7, 11) is 0. The molecule has 26 heavy (non-hydrogen) atoms. The Bertz CT molecular complexity index is 735. The molecule has 0 bridgehead atoms. The summed E-state index contributed by atoms with van der Waals surface area (Å²) in [5.41, 5.74) is -0.202. The quantitative estimate of drug-likeness (QED) is 0.219. The van der Waals surface area contributed by atoms with Crippen LogP contribution in [-0.2, 0) is 9.53 Å². The number of amidine groups is 1. The number of aliphatic imine (C=N–C) groups is 1. The average Bonchev–Trinajstić information content (AvgIpc) is 3.07. The zero-order chi connectivity index (χ0) is 19.1. The molecule has 1 fully saturated rings. The van der Waals surface area contributed by atoms with Crippen molar-refractivity contribution >= 4 is 29.5 Å². The SMILES string of the molecule is CC(=O)NC(CC1CCCC1)=NC(=O)OC(=O)c1ccc([N+](=O)[O-])cc1. The minimum absolute atomic E-state index is 0.0176. The zero-order valence-electron chi connectivity index (χ0n) is 14.3. The minimum Gasteiger partial charge on any atom is -0.371 e. The van der Waals surface area contributed by atoms with Gasteiger partial charge in [0, 0.05) is 25.5 Å². The second-order valence-corrected chi connectivity index (χ2v) is 6.05. The molecule has 1 aliphatic carbocycles. The van der Waals surface area contributed by atoms with E-state index in [2.05, 4.69) is 15.0 Å². The molecular weight excluding hydrogens is 342 g/mol. The number of hydrogen-bond acceptors (Lipinski definition) is 6. The Hall–Kier alpha value is -3.10. The fourth-order valence-corrected chi connectivity index (χ4v) is 2.81. The van der Waals surface area contributed by atoms with E-state index in [1.165, 1.54) is 19.1 Å². The van der Waals surface area contributed by atoms with E-state index in [1.807, 2.05) is 0 Å². The summed E-state index contributed by atoms with van der Waals surface area (Å²) in [4.78, 5) is 48.7. The van der Waals surface area contributed by atoms with Crippen LogP contribution in [0, 0.1) is 16.0 Å². The molecule has 1 aliphatic rings. The van der Waals surface area contributed by atoms with Crippen LogP contribution in [0.2, 0.25) is 0 Å². The summed E-state index contributed by atoms with van der Waals surface area (Å²) >= 11 is 0. The van der Waals surface area contributed by atoms with E-state index in [1.54, 1.807) is 0 Å². The van der Waals surface area contributed by atoms with Crippen LogP contribution >= 0.6 is 0 Å². The fraction of sp³-hybridized carbons (Fsp3) is 0.412. The van der Waals surface area contributed by atoms with Crippen molar-refractivity contribution in [3.05, 3.63) is 39.9 Å². The Labute approximate surface area is 149 Å². The van der Waals surface area contributed by atoms with Gasteiger partial charge in [0.15, 0.2) is 0 Å². The van der Waals surface area contributed by atoms with E-state index >= 15 is 0 Å². The third-order valence-electron chi connectivity index (χ3n) is 4.00. The fourth-order valence-electron chi connectivity index (χ4n) is 2.81. The number of non-ortho nitro benzene ring substituents is 1. The van der Waals surface area contributed by atoms with Crippen LogP contribution in [0.25, 0.3) is 0 Å². The van der Waals surface area contributed by atoms with Gasteiger partial charge in [-0.15, -0.1) is 0 Å². The Morgan fingerprint density at radius 1 is 1.23 bits per heavy atom. The molecule has 0 aromatic heterocycles. The number of hydrogen-bond donors (Lipinski definition) is 1. The van der Waals surface area contributed by atoms with Gasteiger partial charge in [0.2, 0.25) is 5.91 Å². The van der Waals surface area contributed by atoms with Gasteiger partial charge in [0.05, 0.1) is 10.5 Å². The highest BCUT2D eigenvalue weighted by molar-refractivity contribution is 6.04. The standard InChI is InChI=1S/C17H19N3O6/c1-11(21)18-15(10-12-4-2-3-5-12)19-17(23)26-16(22)13-6-8-14(9-7-13)20(24)25/h6-9,12H,2-5,10H2,1H3,(H,18,19,21,23). The smallest absolute Gasteiger partial charge is 0.371 e. The van der Waals surface area contributed by atoms with E-state index in [9.17, 15) is 24.5 Å². The van der Waals surface area contributed by atoms with Crippen molar-refractivity contribution < 1.29 is 24.0 Å². The lowest BCUT2D eigenvalue weighted by molar-refractivity contribution is -0.384. The van der Waals surface area contributed by atoms with E-state index in [4.69, 9.17) is 0 Å². The summed E-state index contributed by atoms with van der Waals surface area (Å²) in [6, 6.07) is 4.63. The van der Waals surface area contributed by atoms with E-state index < -0.39 is 17.0 Å². The first-order valence-electron chi connectivity index (χ1n) is 8.21. The largest absolute Gasteiger partial charge is 0.443 e. The van der Waals surface area contributed by atoms with Gasteiger partial charge in [0.25, 0.3) is 5.69 Å². The van der Waals surface area contributed by atoms with Gasteiger partial charge in [-0.3, -0.25) is 14.9 Å². The Morgan fingerprint density at radius 3 is 2.38 bits per heavy atom. The lowest BCUT2D eigenvalue weighted by atomic mass is 10.0. The molecule has 0 spiro atoms. The number of nitrogens with one attached hydrogen (secondary N) is 1. The number of carbonyl (C=O) groups excluding carboxylic acids is 3. The maximum absolute atomic E-state index is 11.9. The van der Waals surface area contributed by atoms with Gasteiger partial charge < -0.3 is 10.1 Å². The molecule has 0 atom stereocenters. The highest BCUT2D eigenvalue weighted by Gasteiger charge is 2.20. The summed E-state index contributed by atoms with van der Waals surface area (Å²) < 4.78 is 4.63. The molecule has 9 nitrogen and oxygen atoms in total. The molecule has 0 saturated heterocycles. The van der Waals surface area contributed by atoms with Crippen molar-refractivity contribution in [2.45, 2.75) is 39.0 Å². The minimum atomic E-state index is -1.14. The second kappa shape index (κ2) is 8.84. The molecule has 2 rings (SSSR count). The summed E-state index contributed by atoms with van der Waals surface area (Å²) in [6.45, 7) is 1.30. The first-order chi connectivity index (χ1) is 12.3. The van der Waals surface area contributed by atoms with E-state index in [-0.39, 0.29) is 23.0 Å². The van der Waals surface area contributed by atoms with Gasteiger partial charge >= 0.3 is 12.1 Å². The molecule has 0 aliphatic heterocycles. The van der Waals surface area contributed by atoms with Gasteiger partial charge in [-0.05, 0) is 18.1 Å². The third-order valence-corrected chi connectivity index (χ3v) is 4.00. The molecule has 0 heterocycles. The van der Waals surface area contributed by atoms with Crippen LogP contribution in [0.5, 0.6) is 0 Å². The summed E-state index contributed by atoms with van der Waals surface area (Å²) in [5, 5.41) is 13.1. The second-order valence-electron chi connectivity index (χ2n) is 6.05. The maximum atomic E-state index is 11.9. The number of nitrogens with zero attached hydrogens (tertiary/aromatic N) is 2. The predicted molar refractivity (Wildman–Crippen MR) is 91.7 cm³/mol. The van der Waals surface area contributed by atoms with E-state index in [0.717, 1.165) is 37.8 Å². The molecule has 0 unspecified atom stereocenters. The Kier molecular flexibility index (Phi) is 6.54. The monoisotopic (exact) mass is 361 g/mol. The maximum Gasteiger partial charge on any atom is 0.443 e. The molecular formula is C17H19N3O6. The van der Waals surface area contributed by atoms with Crippen LogP contribution in [0.4, 0.5) is 10.5 Å². The van der Waals surface area contributed by atoms with Crippen molar-refractivity contribution in [1.82, 2.24) is 5.32 Å². The van der Waals surface area contributed by atoms with Gasteiger partial charge in [-0.1, -0.05) is 25.7 Å². The number of ether oxygens (including phenoxy) is 1. The number of rotatable bonds is 4. The lowest BCUT2D eigenvalue weighted by Crippen LogP contribution is -2.31. The predicted octanol–water partition coefficient (Wildman–Crippen LogP) is 2.99. The van der Waals surface area contributed by atoms with Crippen molar-refractivity contribution in [1.29, 1.82) is 0 Å². The summed E-state index contributed by atoms with van der Waals surface area (Å²) in [5.74, 6) is -0.836. The number of esters is 1. The van der Waals surface area contributed by atoms with Crippen LogP contribution in [0.15, 0.2) is 29.3 Å². The Morgan fingerprint density at radius 2 is 1.85 bits per heavy atom. The first kappa shape index (κ1) is 19.2. The van der Waals surface area contributed by atoms with Crippen LogP contribution < -0.4 is 5.32 Å². The van der Waals surface area contributed by atoms with Gasteiger partial charge in [-0.25, -0.2) is 9.59 Å². The van der Waals surface area contributed by atoms with E-state index in [0.29, 0.717) is 12.3 Å². The molecule has 9 heteroatoms. The Balaban J connectivity index is 2.02. The molecule has 1 N–H and O–H groups in total. The van der Waals surface area contributed by atoms with Gasteiger partial charge in [0.1, 0.15) is 5.84 Å². The van der Waals surface area contributed by atoms with Crippen molar-refractivity contribution in [3.63, 3.8) is 0 Å². The molecule has 0 radical (unpaired) electrons. The molecule has 1 aromatic carbocycles. The molecule has 1 aromatic rings. The molecule has 2 amide bonds. The lowest BCUT2D eigenvalue weighted by Gasteiger charge is -2.11. The number of amides is 2. The number of nitro groups is 1. The van der Waals surface area contributed by atoms with Crippen LogP contribution in [0.3, 0.4) is 0 Å². The highest BCUT2D eigenvalue weighted by Crippen LogP contribution is 2.27. The van der Waals surface area contributed by atoms with Crippen molar-refractivity contribution in [3.8, 4) is 0 Å². The average molecular weight is 361 g/mol. The number of nitro benzene ring substituents is 1. The topological polar surface area (TPSA) is 128 Å². The van der Waals surface area contributed by atoms with Crippen molar-refractivity contribution in [2.24, 2.45) is 10.9 Å². The zero-order valence-corrected chi connectivity index (χ0v) is 14.3. The first-order valence-corrected chi connectivity index (χ1v) is 8.21. The molecule has 138 valence electrons. The highest BCUT2D eigenvalue weighted by atomic mass is 16.6. The normalized spacial score (nSPS) is 14.7.